The third-order valence-electron chi connectivity index (χ3n) is 4.37. The summed E-state index contributed by atoms with van der Waals surface area (Å²) in [5, 5.41) is 3.62. The van der Waals surface area contributed by atoms with E-state index in [4.69, 9.17) is 16.6 Å². The van der Waals surface area contributed by atoms with Gasteiger partial charge in [0.1, 0.15) is 5.82 Å². The SMILES string of the molecule is ClCC1CCCCC1Nc1ccc2c(n1)CCC2. The molecular formula is C15H21ClN2. The number of pyridine rings is 1. The fourth-order valence-electron chi connectivity index (χ4n) is 3.27. The summed E-state index contributed by atoms with van der Waals surface area (Å²) in [5.41, 5.74) is 2.75. The quantitative estimate of drug-likeness (QED) is 0.841. The molecular weight excluding hydrogens is 244 g/mol. The number of anilines is 1. The van der Waals surface area contributed by atoms with E-state index in [9.17, 15) is 0 Å². The molecule has 2 aliphatic rings. The van der Waals surface area contributed by atoms with Crippen LogP contribution >= 0.6 is 11.6 Å². The molecule has 0 radical (unpaired) electrons. The lowest BCUT2D eigenvalue weighted by molar-refractivity contribution is 0.352. The second kappa shape index (κ2) is 5.48. The van der Waals surface area contributed by atoms with E-state index in [1.54, 1.807) is 0 Å². The number of halogens is 1. The molecule has 2 unspecified atom stereocenters. The van der Waals surface area contributed by atoms with Crippen molar-refractivity contribution in [2.45, 2.75) is 51.0 Å². The summed E-state index contributed by atoms with van der Waals surface area (Å²) >= 11 is 6.07. The van der Waals surface area contributed by atoms with E-state index in [1.807, 2.05) is 0 Å². The average Bonchev–Trinajstić information content (AvgIpc) is 2.87. The molecule has 2 aliphatic carbocycles. The highest BCUT2D eigenvalue weighted by molar-refractivity contribution is 6.18. The molecule has 2 atom stereocenters. The highest BCUT2D eigenvalue weighted by Crippen LogP contribution is 2.29. The molecule has 3 rings (SSSR count). The maximum absolute atomic E-state index is 6.07. The van der Waals surface area contributed by atoms with E-state index in [1.165, 1.54) is 49.8 Å². The first-order chi connectivity index (χ1) is 8.86. The minimum atomic E-state index is 0.517. The van der Waals surface area contributed by atoms with Crippen molar-refractivity contribution >= 4 is 17.4 Å². The van der Waals surface area contributed by atoms with Crippen LogP contribution < -0.4 is 5.32 Å². The second-order valence-electron chi connectivity index (χ2n) is 5.61. The Morgan fingerprint density at radius 2 is 2.06 bits per heavy atom. The summed E-state index contributed by atoms with van der Waals surface area (Å²) < 4.78 is 0. The predicted molar refractivity (Wildman–Crippen MR) is 76.4 cm³/mol. The molecule has 1 N–H and O–H groups in total. The Bertz CT molecular complexity index is 419. The van der Waals surface area contributed by atoms with Crippen molar-refractivity contribution in [1.82, 2.24) is 4.98 Å². The molecule has 0 spiro atoms. The zero-order valence-corrected chi connectivity index (χ0v) is 11.5. The van der Waals surface area contributed by atoms with Crippen LogP contribution in [0.5, 0.6) is 0 Å². The van der Waals surface area contributed by atoms with Crippen LogP contribution in [0.1, 0.15) is 43.4 Å². The molecule has 0 aliphatic heterocycles. The number of nitrogens with zero attached hydrogens (tertiary/aromatic N) is 1. The molecule has 1 saturated carbocycles. The van der Waals surface area contributed by atoms with Crippen molar-refractivity contribution in [2.24, 2.45) is 5.92 Å². The Morgan fingerprint density at radius 1 is 1.17 bits per heavy atom. The van der Waals surface area contributed by atoms with Crippen LogP contribution in [0.25, 0.3) is 0 Å². The van der Waals surface area contributed by atoms with Crippen molar-refractivity contribution in [3.05, 3.63) is 23.4 Å². The van der Waals surface area contributed by atoms with Gasteiger partial charge in [-0.1, -0.05) is 18.9 Å². The van der Waals surface area contributed by atoms with Crippen LogP contribution in [-0.4, -0.2) is 16.9 Å². The largest absolute Gasteiger partial charge is 0.367 e. The molecule has 2 nitrogen and oxygen atoms in total. The van der Waals surface area contributed by atoms with Crippen LogP contribution in [0.2, 0.25) is 0 Å². The Morgan fingerprint density at radius 3 is 2.94 bits per heavy atom. The number of aryl methyl sites for hydroxylation is 2. The standard InChI is InChI=1S/C15H21ClN2/c16-10-12-4-1-2-6-14(12)18-15-9-8-11-5-3-7-13(11)17-15/h8-9,12,14H,1-7,10H2,(H,17,18). The Balaban J connectivity index is 1.71. The smallest absolute Gasteiger partial charge is 0.126 e. The van der Waals surface area contributed by atoms with E-state index < -0.39 is 0 Å². The molecule has 0 bridgehead atoms. The number of rotatable bonds is 3. The lowest BCUT2D eigenvalue weighted by Gasteiger charge is -2.31. The van der Waals surface area contributed by atoms with Gasteiger partial charge in [-0.3, -0.25) is 0 Å². The lowest BCUT2D eigenvalue weighted by atomic mass is 9.86. The van der Waals surface area contributed by atoms with Gasteiger partial charge in [-0.05, 0) is 49.7 Å². The van der Waals surface area contributed by atoms with Gasteiger partial charge in [0, 0.05) is 17.6 Å². The van der Waals surface area contributed by atoms with E-state index in [0.717, 1.165) is 18.1 Å². The number of nitrogens with one attached hydrogen (secondary N) is 1. The van der Waals surface area contributed by atoms with E-state index in [2.05, 4.69) is 17.4 Å². The summed E-state index contributed by atoms with van der Waals surface area (Å²) in [4.78, 5) is 4.76. The number of fused-ring (bicyclic) bond motifs is 1. The van der Waals surface area contributed by atoms with Crippen molar-refractivity contribution in [1.29, 1.82) is 0 Å². The second-order valence-corrected chi connectivity index (χ2v) is 5.91. The van der Waals surface area contributed by atoms with Crippen molar-refractivity contribution < 1.29 is 0 Å². The Kier molecular flexibility index (Phi) is 3.74. The molecule has 1 fully saturated rings. The van der Waals surface area contributed by atoms with Gasteiger partial charge in [0.15, 0.2) is 0 Å². The van der Waals surface area contributed by atoms with Crippen LogP contribution in [0.3, 0.4) is 0 Å². The topological polar surface area (TPSA) is 24.9 Å². The molecule has 98 valence electrons. The fraction of sp³-hybridized carbons (Fsp3) is 0.667. The zero-order valence-electron chi connectivity index (χ0n) is 10.8. The van der Waals surface area contributed by atoms with Gasteiger partial charge in [-0.2, -0.15) is 0 Å². The molecule has 0 aromatic carbocycles. The van der Waals surface area contributed by atoms with Crippen molar-refractivity contribution in [3.63, 3.8) is 0 Å². The minimum absolute atomic E-state index is 0.517. The van der Waals surface area contributed by atoms with Gasteiger partial charge in [-0.15, -0.1) is 11.6 Å². The molecule has 1 aromatic rings. The molecule has 0 saturated heterocycles. The number of alkyl halides is 1. The van der Waals surface area contributed by atoms with Crippen LogP contribution in [-0.2, 0) is 12.8 Å². The summed E-state index contributed by atoms with van der Waals surface area (Å²) in [6.45, 7) is 0. The third kappa shape index (κ3) is 2.49. The highest BCUT2D eigenvalue weighted by atomic mass is 35.5. The summed E-state index contributed by atoms with van der Waals surface area (Å²) in [5.74, 6) is 2.43. The van der Waals surface area contributed by atoms with Gasteiger partial charge >= 0.3 is 0 Å². The predicted octanol–water partition coefficient (Wildman–Crippen LogP) is 3.78. The number of hydrogen-bond acceptors (Lipinski definition) is 2. The van der Waals surface area contributed by atoms with Gasteiger partial charge in [0.05, 0.1) is 0 Å². The van der Waals surface area contributed by atoms with Gasteiger partial charge in [0.25, 0.3) is 0 Å². The third-order valence-corrected chi connectivity index (χ3v) is 4.77. The highest BCUT2D eigenvalue weighted by Gasteiger charge is 2.24. The first-order valence-electron chi connectivity index (χ1n) is 7.18. The van der Waals surface area contributed by atoms with Crippen LogP contribution in [0.15, 0.2) is 12.1 Å². The molecule has 0 amide bonds. The van der Waals surface area contributed by atoms with Gasteiger partial charge < -0.3 is 5.32 Å². The maximum Gasteiger partial charge on any atom is 0.126 e. The molecule has 18 heavy (non-hydrogen) atoms. The fourth-order valence-corrected chi connectivity index (χ4v) is 3.64. The summed E-state index contributed by atoms with van der Waals surface area (Å²) in [6.07, 6.45) is 8.75. The van der Waals surface area contributed by atoms with Gasteiger partial charge in [-0.25, -0.2) is 4.98 Å². The summed E-state index contributed by atoms with van der Waals surface area (Å²) in [6, 6.07) is 4.91. The molecule has 1 heterocycles. The zero-order chi connectivity index (χ0) is 12.4. The molecule has 3 heteroatoms. The summed E-state index contributed by atoms with van der Waals surface area (Å²) in [7, 11) is 0. The van der Waals surface area contributed by atoms with E-state index in [-0.39, 0.29) is 0 Å². The minimum Gasteiger partial charge on any atom is -0.367 e. The van der Waals surface area contributed by atoms with E-state index >= 15 is 0 Å². The van der Waals surface area contributed by atoms with Gasteiger partial charge in [0.2, 0.25) is 0 Å². The van der Waals surface area contributed by atoms with Crippen molar-refractivity contribution in [2.75, 3.05) is 11.2 Å². The normalized spacial score (nSPS) is 26.9. The monoisotopic (exact) mass is 264 g/mol. The Hall–Kier alpha value is -0.760. The number of hydrogen-bond donors (Lipinski definition) is 1. The van der Waals surface area contributed by atoms with E-state index in [0.29, 0.717) is 12.0 Å². The average molecular weight is 265 g/mol. The van der Waals surface area contributed by atoms with Crippen LogP contribution in [0.4, 0.5) is 5.82 Å². The number of aromatic nitrogens is 1. The van der Waals surface area contributed by atoms with Crippen LogP contribution in [0, 0.1) is 5.92 Å². The lowest BCUT2D eigenvalue weighted by Crippen LogP contribution is -2.33. The first-order valence-corrected chi connectivity index (χ1v) is 7.71. The maximum atomic E-state index is 6.07. The van der Waals surface area contributed by atoms with Crippen molar-refractivity contribution in [3.8, 4) is 0 Å². The Labute approximate surface area is 114 Å². The molecule has 1 aromatic heterocycles. The first kappa shape index (κ1) is 12.3.